The topological polar surface area (TPSA) is 75.3 Å². The van der Waals surface area contributed by atoms with Crippen molar-refractivity contribution in [3.63, 3.8) is 0 Å². The van der Waals surface area contributed by atoms with Gasteiger partial charge in [-0.15, -0.1) is 11.8 Å². The lowest BCUT2D eigenvalue weighted by atomic mass is 10.3. The van der Waals surface area contributed by atoms with Gasteiger partial charge in [0, 0.05) is 21.6 Å². The Balaban J connectivity index is 2.04. The molecule has 0 aliphatic heterocycles. The summed E-state index contributed by atoms with van der Waals surface area (Å²) in [4.78, 5) is 13.3. The summed E-state index contributed by atoms with van der Waals surface area (Å²) in [7, 11) is -3.56. The number of carbonyl (C=O) groups excluding carboxylic acids is 1. The summed E-state index contributed by atoms with van der Waals surface area (Å²) in [6.45, 7) is 5.25. The highest BCUT2D eigenvalue weighted by molar-refractivity contribution is 8.00. The second-order valence-corrected chi connectivity index (χ2v) is 10.1. The molecule has 0 aliphatic carbocycles. The second-order valence-electron chi connectivity index (χ2n) is 6.12. The van der Waals surface area contributed by atoms with E-state index in [1.165, 1.54) is 23.9 Å². The van der Waals surface area contributed by atoms with Crippen LogP contribution in [0.3, 0.4) is 0 Å². The first-order valence-corrected chi connectivity index (χ1v) is 11.3. The van der Waals surface area contributed by atoms with Crippen LogP contribution in [0.4, 0.5) is 5.69 Å². The van der Waals surface area contributed by atoms with Crippen LogP contribution < -0.4 is 10.0 Å². The first-order chi connectivity index (χ1) is 12.6. The normalized spacial score (nSPS) is 12.8. The van der Waals surface area contributed by atoms with E-state index < -0.39 is 15.3 Å². The number of rotatable bonds is 7. The maximum atomic E-state index is 12.4. The molecule has 0 bridgehead atoms. The predicted octanol–water partition coefficient (Wildman–Crippen LogP) is 4.80. The minimum absolute atomic E-state index is 0.141. The zero-order valence-corrected chi connectivity index (χ0v) is 18.1. The Hall–Kier alpha value is -1.25. The number of anilines is 1. The molecular weight excluding hydrogens is 427 g/mol. The molecule has 5 nitrogen and oxygen atoms in total. The molecule has 0 aliphatic rings. The lowest BCUT2D eigenvalue weighted by molar-refractivity contribution is -0.115. The number of nitrogens with one attached hydrogen (secondary N) is 2. The van der Waals surface area contributed by atoms with Crippen molar-refractivity contribution in [3.8, 4) is 0 Å². The highest BCUT2D eigenvalue weighted by atomic mass is 35.5. The van der Waals surface area contributed by atoms with Crippen molar-refractivity contribution >= 4 is 56.6 Å². The van der Waals surface area contributed by atoms with Crippen LogP contribution in [0.1, 0.15) is 20.8 Å². The Kier molecular flexibility index (Phi) is 7.59. The molecule has 2 aromatic rings. The first-order valence-electron chi connectivity index (χ1n) is 8.13. The van der Waals surface area contributed by atoms with Crippen LogP contribution in [0.25, 0.3) is 0 Å². The van der Waals surface area contributed by atoms with Crippen molar-refractivity contribution in [2.24, 2.45) is 0 Å². The monoisotopic (exact) mass is 446 g/mol. The van der Waals surface area contributed by atoms with Crippen LogP contribution in [-0.4, -0.2) is 25.6 Å². The Bertz CT molecular complexity index is 917. The maximum absolute atomic E-state index is 12.4. The van der Waals surface area contributed by atoms with Gasteiger partial charge in [0.25, 0.3) is 0 Å². The summed E-state index contributed by atoms with van der Waals surface area (Å²) in [5, 5.41) is 3.41. The van der Waals surface area contributed by atoms with Gasteiger partial charge in [0.05, 0.1) is 15.2 Å². The highest BCUT2D eigenvalue weighted by Gasteiger charge is 2.18. The molecule has 146 valence electrons. The lowest BCUT2D eigenvalue weighted by Crippen LogP contribution is -2.30. The number of carbonyl (C=O) groups is 1. The lowest BCUT2D eigenvalue weighted by Gasteiger charge is -2.14. The quantitative estimate of drug-likeness (QED) is 0.598. The fourth-order valence-corrected chi connectivity index (χ4v) is 4.81. The number of halogens is 2. The fourth-order valence-electron chi connectivity index (χ4n) is 2.15. The Labute approximate surface area is 173 Å². The number of thioether (sulfide) groups is 1. The van der Waals surface area contributed by atoms with Gasteiger partial charge < -0.3 is 5.32 Å². The van der Waals surface area contributed by atoms with Crippen LogP contribution in [0.15, 0.2) is 52.3 Å². The molecule has 1 atom stereocenters. The average molecular weight is 447 g/mol. The molecule has 0 saturated carbocycles. The van der Waals surface area contributed by atoms with E-state index >= 15 is 0 Å². The first kappa shape index (κ1) is 22.0. The van der Waals surface area contributed by atoms with Gasteiger partial charge in [-0.1, -0.05) is 23.2 Å². The molecular formula is C18H20Cl2N2O3S2. The summed E-state index contributed by atoms with van der Waals surface area (Å²) in [5.41, 5.74) is 0.508. The zero-order chi connectivity index (χ0) is 20.2. The van der Waals surface area contributed by atoms with E-state index in [1.54, 1.807) is 51.1 Å². The number of hydrogen-bond acceptors (Lipinski definition) is 4. The molecule has 0 spiro atoms. The highest BCUT2D eigenvalue weighted by Crippen LogP contribution is 2.33. The molecule has 9 heteroatoms. The standard InChI is InChI=1S/C18H20Cl2N2O3S2/c1-11(2)22-27(24,25)15-7-5-14(6-8-15)21-18(23)12(3)26-17-10-13(19)4-9-16(17)20/h4-12,22H,1-3H3,(H,21,23)/t12-/m1/s1. The van der Waals surface area contributed by atoms with Crippen molar-refractivity contribution in [3.05, 3.63) is 52.5 Å². The van der Waals surface area contributed by atoms with Crippen LogP contribution in [-0.2, 0) is 14.8 Å². The maximum Gasteiger partial charge on any atom is 0.240 e. The number of amides is 1. The predicted molar refractivity (Wildman–Crippen MR) is 112 cm³/mol. The SMILES string of the molecule is CC(C)NS(=O)(=O)c1ccc(NC(=O)[C@@H](C)Sc2cc(Cl)ccc2Cl)cc1. The summed E-state index contributed by atoms with van der Waals surface area (Å²) >= 11 is 13.4. The van der Waals surface area contributed by atoms with Crippen molar-refractivity contribution < 1.29 is 13.2 Å². The summed E-state index contributed by atoms with van der Waals surface area (Å²) in [6, 6.07) is 10.9. The van der Waals surface area contributed by atoms with Gasteiger partial charge in [-0.3, -0.25) is 4.79 Å². The van der Waals surface area contributed by atoms with Gasteiger partial charge in [-0.25, -0.2) is 13.1 Å². The molecule has 0 aromatic heterocycles. The van der Waals surface area contributed by atoms with Crippen LogP contribution in [0, 0.1) is 0 Å². The van der Waals surface area contributed by atoms with Crippen molar-refractivity contribution in [1.29, 1.82) is 0 Å². The van der Waals surface area contributed by atoms with Crippen LogP contribution >= 0.6 is 35.0 Å². The average Bonchev–Trinajstić information content (AvgIpc) is 2.57. The number of sulfonamides is 1. The van der Waals surface area contributed by atoms with E-state index in [4.69, 9.17) is 23.2 Å². The van der Waals surface area contributed by atoms with Gasteiger partial charge in [-0.2, -0.15) is 0 Å². The van der Waals surface area contributed by atoms with Crippen LogP contribution in [0.5, 0.6) is 0 Å². The molecule has 1 amide bonds. The molecule has 0 heterocycles. The Morgan fingerprint density at radius 1 is 1.04 bits per heavy atom. The van der Waals surface area contributed by atoms with Crippen molar-refractivity contribution in [2.75, 3.05) is 5.32 Å². The molecule has 0 unspecified atom stereocenters. The Morgan fingerprint density at radius 2 is 1.67 bits per heavy atom. The summed E-state index contributed by atoms with van der Waals surface area (Å²) in [6.07, 6.45) is 0. The molecule has 2 N–H and O–H groups in total. The molecule has 0 radical (unpaired) electrons. The van der Waals surface area contributed by atoms with Gasteiger partial charge in [0.15, 0.2) is 0 Å². The third kappa shape index (κ3) is 6.40. The van der Waals surface area contributed by atoms with Gasteiger partial charge in [0.2, 0.25) is 15.9 Å². The smallest absolute Gasteiger partial charge is 0.240 e. The van der Waals surface area contributed by atoms with E-state index in [0.717, 1.165) is 0 Å². The van der Waals surface area contributed by atoms with Crippen LogP contribution in [0.2, 0.25) is 10.0 Å². The Morgan fingerprint density at radius 3 is 2.26 bits per heavy atom. The molecule has 27 heavy (non-hydrogen) atoms. The third-order valence-corrected chi connectivity index (χ3v) is 6.90. The van der Waals surface area contributed by atoms with Gasteiger partial charge in [0.1, 0.15) is 0 Å². The molecule has 2 rings (SSSR count). The number of benzene rings is 2. The number of hydrogen-bond donors (Lipinski definition) is 2. The molecule has 0 fully saturated rings. The summed E-state index contributed by atoms with van der Waals surface area (Å²) < 4.78 is 26.8. The molecule has 0 saturated heterocycles. The largest absolute Gasteiger partial charge is 0.325 e. The van der Waals surface area contributed by atoms with Gasteiger partial charge in [-0.05, 0) is 63.2 Å². The van der Waals surface area contributed by atoms with Gasteiger partial charge >= 0.3 is 0 Å². The summed E-state index contributed by atoms with van der Waals surface area (Å²) in [5.74, 6) is -0.230. The van der Waals surface area contributed by atoms with E-state index in [1.807, 2.05) is 0 Å². The van der Waals surface area contributed by atoms with Crippen molar-refractivity contribution in [1.82, 2.24) is 4.72 Å². The van der Waals surface area contributed by atoms with E-state index in [2.05, 4.69) is 10.0 Å². The van der Waals surface area contributed by atoms with E-state index in [0.29, 0.717) is 20.6 Å². The van der Waals surface area contributed by atoms with E-state index in [9.17, 15) is 13.2 Å². The third-order valence-electron chi connectivity index (χ3n) is 3.39. The molecule has 2 aromatic carbocycles. The second kappa shape index (κ2) is 9.30. The van der Waals surface area contributed by atoms with E-state index in [-0.39, 0.29) is 16.8 Å². The minimum Gasteiger partial charge on any atom is -0.325 e. The zero-order valence-electron chi connectivity index (χ0n) is 15.0. The fraction of sp³-hybridized carbons (Fsp3) is 0.278. The minimum atomic E-state index is -3.56. The van der Waals surface area contributed by atoms with Crippen molar-refractivity contribution in [2.45, 2.75) is 41.9 Å².